The van der Waals surface area contributed by atoms with Crippen LogP contribution >= 0.6 is 11.6 Å². The molecule has 0 saturated heterocycles. The van der Waals surface area contributed by atoms with Crippen LogP contribution in [-0.4, -0.2) is 23.6 Å². The molecule has 0 aliphatic rings. The molecule has 6 heteroatoms. The summed E-state index contributed by atoms with van der Waals surface area (Å²) in [4.78, 5) is 23.3. The number of hydrogen-bond acceptors (Lipinski definition) is 3. The summed E-state index contributed by atoms with van der Waals surface area (Å²) >= 11 is 5.83. The van der Waals surface area contributed by atoms with Crippen LogP contribution in [0.1, 0.15) is 20.8 Å². The van der Waals surface area contributed by atoms with Crippen LogP contribution in [-0.2, 0) is 11.8 Å². The molecular formula is C14H13ClN2O3. The molecule has 0 aliphatic heterocycles. The standard InChI is InChI=1S/C14H13ClN2O3/c1-17-8-10(15)7-12(17)13(18)16-11-5-3-9(4-6-11)14(19)20-2/h3-8H,1-2H3,(H,16,18). The van der Waals surface area contributed by atoms with E-state index in [0.717, 1.165) is 0 Å². The molecule has 0 saturated carbocycles. The highest BCUT2D eigenvalue weighted by Crippen LogP contribution is 2.16. The molecule has 0 fully saturated rings. The van der Waals surface area contributed by atoms with Gasteiger partial charge in [0, 0.05) is 18.9 Å². The van der Waals surface area contributed by atoms with Gasteiger partial charge in [-0.05, 0) is 30.3 Å². The van der Waals surface area contributed by atoms with Crippen molar-refractivity contribution >= 4 is 29.2 Å². The minimum atomic E-state index is -0.419. The molecule has 1 amide bonds. The predicted octanol–water partition coefficient (Wildman–Crippen LogP) is 2.72. The zero-order chi connectivity index (χ0) is 14.7. The number of ether oxygens (including phenoxy) is 1. The predicted molar refractivity (Wildman–Crippen MR) is 76.2 cm³/mol. The van der Waals surface area contributed by atoms with Gasteiger partial charge < -0.3 is 14.6 Å². The number of anilines is 1. The average molecular weight is 293 g/mol. The van der Waals surface area contributed by atoms with E-state index in [2.05, 4.69) is 10.1 Å². The van der Waals surface area contributed by atoms with Crippen molar-refractivity contribution in [3.05, 3.63) is 52.8 Å². The molecule has 0 radical (unpaired) electrons. The summed E-state index contributed by atoms with van der Waals surface area (Å²) in [6, 6.07) is 8.02. The molecule has 0 aliphatic carbocycles. The highest BCUT2D eigenvalue weighted by Gasteiger charge is 2.12. The number of aryl methyl sites for hydroxylation is 1. The molecule has 0 unspecified atom stereocenters. The fraction of sp³-hybridized carbons (Fsp3) is 0.143. The van der Waals surface area contributed by atoms with Crippen LogP contribution in [0.3, 0.4) is 0 Å². The number of esters is 1. The van der Waals surface area contributed by atoms with E-state index in [1.807, 2.05) is 0 Å². The zero-order valence-corrected chi connectivity index (χ0v) is 11.8. The maximum absolute atomic E-state index is 12.0. The Morgan fingerprint density at radius 3 is 2.40 bits per heavy atom. The highest BCUT2D eigenvalue weighted by atomic mass is 35.5. The quantitative estimate of drug-likeness (QED) is 0.885. The zero-order valence-electron chi connectivity index (χ0n) is 11.0. The largest absolute Gasteiger partial charge is 0.465 e. The van der Waals surface area contributed by atoms with Crippen molar-refractivity contribution in [2.75, 3.05) is 12.4 Å². The molecule has 0 spiro atoms. The number of aromatic nitrogens is 1. The molecule has 0 atom stereocenters. The van der Waals surface area contributed by atoms with Crippen LogP contribution in [0.15, 0.2) is 36.5 Å². The molecule has 1 aromatic carbocycles. The molecule has 2 aromatic rings. The first kappa shape index (κ1) is 14.1. The first-order valence-corrected chi connectivity index (χ1v) is 6.20. The number of methoxy groups -OCH3 is 1. The van der Waals surface area contributed by atoms with E-state index in [0.29, 0.717) is 22.0 Å². The third-order valence-electron chi connectivity index (χ3n) is 2.77. The molecule has 20 heavy (non-hydrogen) atoms. The first-order valence-electron chi connectivity index (χ1n) is 5.83. The molecule has 2 rings (SSSR count). The topological polar surface area (TPSA) is 60.3 Å². The number of amides is 1. The molecule has 0 bridgehead atoms. The van der Waals surface area contributed by atoms with E-state index < -0.39 is 5.97 Å². The van der Waals surface area contributed by atoms with Crippen molar-refractivity contribution in [1.82, 2.24) is 4.57 Å². The Labute approximate surface area is 121 Å². The Kier molecular flexibility index (Phi) is 4.10. The smallest absolute Gasteiger partial charge is 0.337 e. The van der Waals surface area contributed by atoms with Gasteiger partial charge in [0.2, 0.25) is 0 Å². The van der Waals surface area contributed by atoms with Gasteiger partial charge in [-0.3, -0.25) is 4.79 Å². The molecule has 5 nitrogen and oxygen atoms in total. The van der Waals surface area contributed by atoms with Gasteiger partial charge in [-0.1, -0.05) is 11.6 Å². The normalized spacial score (nSPS) is 10.2. The summed E-state index contributed by atoms with van der Waals surface area (Å²) in [5.41, 5.74) is 1.46. The van der Waals surface area contributed by atoms with Crippen molar-refractivity contribution in [3.63, 3.8) is 0 Å². The van der Waals surface area contributed by atoms with E-state index in [4.69, 9.17) is 11.6 Å². The molecule has 1 aromatic heterocycles. The molecule has 104 valence electrons. The highest BCUT2D eigenvalue weighted by molar-refractivity contribution is 6.31. The Morgan fingerprint density at radius 1 is 1.25 bits per heavy atom. The second-order valence-electron chi connectivity index (χ2n) is 4.18. The van der Waals surface area contributed by atoms with Gasteiger partial charge >= 0.3 is 5.97 Å². The Morgan fingerprint density at radius 2 is 1.90 bits per heavy atom. The van der Waals surface area contributed by atoms with Crippen LogP contribution in [0.5, 0.6) is 0 Å². The van der Waals surface area contributed by atoms with Gasteiger partial charge in [-0.15, -0.1) is 0 Å². The number of benzene rings is 1. The van der Waals surface area contributed by atoms with E-state index in [9.17, 15) is 9.59 Å². The van der Waals surface area contributed by atoms with Crippen molar-refractivity contribution in [2.24, 2.45) is 7.05 Å². The monoisotopic (exact) mass is 292 g/mol. The second kappa shape index (κ2) is 5.79. The first-order chi connectivity index (χ1) is 9.51. The number of carbonyl (C=O) groups excluding carboxylic acids is 2. The lowest BCUT2D eigenvalue weighted by Gasteiger charge is -2.06. The minimum Gasteiger partial charge on any atom is -0.465 e. The van der Waals surface area contributed by atoms with Crippen molar-refractivity contribution in [2.45, 2.75) is 0 Å². The van der Waals surface area contributed by atoms with Gasteiger partial charge in [0.1, 0.15) is 5.69 Å². The number of nitrogens with one attached hydrogen (secondary N) is 1. The number of nitrogens with zero attached hydrogens (tertiary/aromatic N) is 1. The summed E-state index contributed by atoms with van der Waals surface area (Å²) in [7, 11) is 3.05. The van der Waals surface area contributed by atoms with E-state index in [-0.39, 0.29) is 5.91 Å². The summed E-state index contributed by atoms with van der Waals surface area (Å²) in [6.07, 6.45) is 1.65. The van der Waals surface area contributed by atoms with E-state index >= 15 is 0 Å². The van der Waals surface area contributed by atoms with Gasteiger partial charge in [-0.2, -0.15) is 0 Å². The SMILES string of the molecule is COC(=O)c1ccc(NC(=O)c2cc(Cl)cn2C)cc1. The van der Waals surface area contributed by atoms with Crippen molar-refractivity contribution < 1.29 is 14.3 Å². The molecular weight excluding hydrogens is 280 g/mol. The van der Waals surface area contributed by atoms with Gasteiger partial charge in [0.25, 0.3) is 5.91 Å². The van der Waals surface area contributed by atoms with Gasteiger partial charge in [0.05, 0.1) is 17.7 Å². The fourth-order valence-corrected chi connectivity index (χ4v) is 2.00. The summed E-state index contributed by atoms with van der Waals surface area (Å²) < 4.78 is 6.24. The minimum absolute atomic E-state index is 0.273. The van der Waals surface area contributed by atoms with Gasteiger partial charge in [-0.25, -0.2) is 4.79 Å². The summed E-state index contributed by atoms with van der Waals surface area (Å²) in [5.74, 6) is -0.692. The Balaban J connectivity index is 2.12. The lowest BCUT2D eigenvalue weighted by atomic mass is 10.2. The van der Waals surface area contributed by atoms with E-state index in [1.54, 1.807) is 48.1 Å². The maximum atomic E-state index is 12.0. The summed E-state index contributed by atoms with van der Waals surface area (Å²) in [5, 5.41) is 3.22. The van der Waals surface area contributed by atoms with Crippen LogP contribution in [0.25, 0.3) is 0 Å². The fourth-order valence-electron chi connectivity index (χ4n) is 1.75. The van der Waals surface area contributed by atoms with Crippen LogP contribution in [0, 0.1) is 0 Å². The lowest BCUT2D eigenvalue weighted by molar-refractivity contribution is 0.0600. The van der Waals surface area contributed by atoms with Crippen molar-refractivity contribution in [3.8, 4) is 0 Å². The summed E-state index contributed by atoms with van der Waals surface area (Å²) in [6.45, 7) is 0. The number of rotatable bonds is 3. The maximum Gasteiger partial charge on any atom is 0.337 e. The van der Waals surface area contributed by atoms with Crippen LogP contribution in [0.2, 0.25) is 5.02 Å². The third-order valence-corrected chi connectivity index (χ3v) is 2.97. The lowest BCUT2D eigenvalue weighted by Crippen LogP contribution is -2.15. The van der Waals surface area contributed by atoms with E-state index in [1.165, 1.54) is 7.11 Å². The number of halogens is 1. The van der Waals surface area contributed by atoms with Crippen molar-refractivity contribution in [1.29, 1.82) is 0 Å². The Bertz CT molecular complexity index is 647. The number of hydrogen-bond donors (Lipinski definition) is 1. The second-order valence-corrected chi connectivity index (χ2v) is 4.61. The Hall–Kier alpha value is -2.27. The molecule has 1 heterocycles. The number of carbonyl (C=O) groups is 2. The third kappa shape index (κ3) is 3.00. The van der Waals surface area contributed by atoms with Crippen LogP contribution < -0.4 is 5.32 Å². The van der Waals surface area contributed by atoms with Crippen LogP contribution in [0.4, 0.5) is 5.69 Å². The van der Waals surface area contributed by atoms with Gasteiger partial charge in [0.15, 0.2) is 0 Å². The average Bonchev–Trinajstić information content (AvgIpc) is 2.78. The molecule has 1 N–H and O–H groups in total.